The smallest absolute Gasteiger partial charge is 0.127 e. The van der Waals surface area contributed by atoms with E-state index in [9.17, 15) is 0 Å². The Morgan fingerprint density at radius 1 is 1.75 bits per heavy atom. The minimum atomic E-state index is -0.514. The molecular weight excluding hydrogens is 152 g/mol. The van der Waals surface area contributed by atoms with Gasteiger partial charge in [-0.05, 0) is 32.3 Å². The molecule has 0 heterocycles. The molecule has 2 nitrogen and oxygen atoms in total. The van der Waals surface area contributed by atoms with Crippen LogP contribution in [0.5, 0.6) is 0 Å². The van der Waals surface area contributed by atoms with E-state index in [-0.39, 0.29) is 0 Å². The molecular formula is C10H16O2. The first-order chi connectivity index (χ1) is 5.60. The highest BCUT2D eigenvalue weighted by Crippen LogP contribution is 2.35. The van der Waals surface area contributed by atoms with Crippen LogP contribution in [0, 0.1) is 0 Å². The molecule has 1 unspecified atom stereocenters. The Labute approximate surface area is 73.5 Å². The molecule has 12 heavy (non-hydrogen) atoms. The number of hydrogen-bond donors (Lipinski definition) is 1. The van der Waals surface area contributed by atoms with Gasteiger partial charge in [-0.1, -0.05) is 18.2 Å². The van der Waals surface area contributed by atoms with E-state index in [4.69, 9.17) is 5.26 Å². The molecule has 0 aromatic carbocycles. The summed E-state index contributed by atoms with van der Waals surface area (Å²) in [6.45, 7) is 7.82. The lowest BCUT2D eigenvalue weighted by molar-refractivity contribution is -0.312. The first-order valence-corrected chi connectivity index (χ1v) is 4.25. The molecule has 0 bridgehead atoms. The van der Waals surface area contributed by atoms with Crippen molar-refractivity contribution >= 4 is 0 Å². The minimum absolute atomic E-state index is 0.514. The average Bonchev–Trinajstić information content (AvgIpc) is 2.06. The van der Waals surface area contributed by atoms with Crippen molar-refractivity contribution < 1.29 is 10.1 Å². The van der Waals surface area contributed by atoms with E-state index in [1.165, 1.54) is 5.57 Å². The molecule has 0 saturated carbocycles. The normalized spacial score (nSPS) is 29.8. The monoisotopic (exact) mass is 168 g/mol. The van der Waals surface area contributed by atoms with Gasteiger partial charge in [0.1, 0.15) is 5.60 Å². The number of rotatable bonds is 2. The van der Waals surface area contributed by atoms with Gasteiger partial charge in [-0.2, -0.15) is 0 Å². The molecule has 0 aliphatic heterocycles. The topological polar surface area (TPSA) is 29.5 Å². The molecule has 0 radical (unpaired) electrons. The van der Waals surface area contributed by atoms with Crippen LogP contribution in [0.4, 0.5) is 0 Å². The molecule has 0 spiro atoms. The van der Waals surface area contributed by atoms with Crippen molar-refractivity contribution in [1.82, 2.24) is 0 Å². The van der Waals surface area contributed by atoms with Crippen LogP contribution < -0.4 is 0 Å². The summed E-state index contributed by atoms with van der Waals surface area (Å²) >= 11 is 0. The Balaban J connectivity index is 2.78. The molecule has 1 N–H and O–H groups in total. The Morgan fingerprint density at radius 3 is 2.75 bits per heavy atom. The molecule has 0 saturated heterocycles. The zero-order chi connectivity index (χ0) is 9.19. The number of allylic oxidation sites excluding steroid dienone is 1. The Morgan fingerprint density at radius 2 is 2.42 bits per heavy atom. The third kappa shape index (κ3) is 1.59. The van der Waals surface area contributed by atoms with E-state index >= 15 is 0 Å². The molecule has 1 atom stereocenters. The highest BCUT2D eigenvalue weighted by molar-refractivity contribution is 5.19. The zero-order valence-electron chi connectivity index (χ0n) is 7.76. The molecule has 68 valence electrons. The first kappa shape index (κ1) is 9.49. The SMILES string of the molecule is C=C(C)C1(OO)CC=C(C)CC1. The van der Waals surface area contributed by atoms with Crippen LogP contribution >= 0.6 is 0 Å². The lowest BCUT2D eigenvalue weighted by Gasteiger charge is -2.33. The summed E-state index contributed by atoms with van der Waals surface area (Å²) in [4.78, 5) is 4.54. The van der Waals surface area contributed by atoms with E-state index < -0.39 is 5.60 Å². The lowest BCUT2D eigenvalue weighted by Crippen LogP contribution is -2.34. The molecule has 1 aliphatic carbocycles. The minimum Gasteiger partial charge on any atom is -0.251 e. The fourth-order valence-electron chi connectivity index (χ4n) is 1.49. The average molecular weight is 168 g/mol. The van der Waals surface area contributed by atoms with Crippen molar-refractivity contribution in [3.05, 3.63) is 23.8 Å². The van der Waals surface area contributed by atoms with Gasteiger partial charge in [0.15, 0.2) is 0 Å². The highest BCUT2D eigenvalue weighted by Gasteiger charge is 2.33. The van der Waals surface area contributed by atoms with Gasteiger partial charge in [-0.25, -0.2) is 4.89 Å². The summed E-state index contributed by atoms with van der Waals surface area (Å²) in [6, 6.07) is 0. The van der Waals surface area contributed by atoms with Crippen molar-refractivity contribution in [3.8, 4) is 0 Å². The van der Waals surface area contributed by atoms with Gasteiger partial charge in [0, 0.05) is 6.42 Å². The summed E-state index contributed by atoms with van der Waals surface area (Å²) in [6.07, 6.45) is 4.66. The third-order valence-electron chi connectivity index (χ3n) is 2.66. The maximum Gasteiger partial charge on any atom is 0.127 e. The Kier molecular flexibility index (Phi) is 2.70. The number of hydrogen-bond acceptors (Lipinski definition) is 2. The second-order valence-electron chi connectivity index (χ2n) is 3.62. The van der Waals surface area contributed by atoms with Gasteiger partial charge < -0.3 is 0 Å². The van der Waals surface area contributed by atoms with Gasteiger partial charge in [0.05, 0.1) is 0 Å². The van der Waals surface area contributed by atoms with Gasteiger partial charge >= 0.3 is 0 Å². The molecule has 0 aromatic heterocycles. The predicted molar refractivity (Wildman–Crippen MR) is 48.9 cm³/mol. The van der Waals surface area contributed by atoms with Crippen LogP contribution in [0.1, 0.15) is 33.1 Å². The van der Waals surface area contributed by atoms with Crippen LogP contribution in [0.2, 0.25) is 0 Å². The lowest BCUT2D eigenvalue weighted by atomic mass is 9.81. The summed E-state index contributed by atoms with van der Waals surface area (Å²) in [5, 5.41) is 8.81. The van der Waals surface area contributed by atoms with E-state index in [0.717, 1.165) is 24.8 Å². The quantitative estimate of drug-likeness (QED) is 0.390. The molecule has 0 aromatic rings. The van der Waals surface area contributed by atoms with Crippen molar-refractivity contribution in [2.75, 3.05) is 0 Å². The molecule has 1 aliphatic rings. The van der Waals surface area contributed by atoms with Crippen molar-refractivity contribution in [1.29, 1.82) is 0 Å². The zero-order valence-corrected chi connectivity index (χ0v) is 7.76. The first-order valence-electron chi connectivity index (χ1n) is 4.25. The summed E-state index contributed by atoms with van der Waals surface area (Å²) in [5.74, 6) is 0. The second kappa shape index (κ2) is 3.42. The Bertz CT molecular complexity index is 218. The van der Waals surface area contributed by atoms with Crippen LogP contribution in [0.15, 0.2) is 23.8 Å². The fraction of sp³-hybridized carbons (Fsp3) is 0.600. The van der Waals surface area contributed by atoms with E-state index in [1.807, 2.05) is 6.92 Å². The van der Waals surface area contributed by atoms with Gasteiger partial charge in [-0.15, -0.1) is 0 Å². The van der Waals surface area contributed by atoms with Crippen LogP contribution in [0.3, 0.4) is 0 Å². The second-order valence-corrected chi connectivity index (χ2v) is 3.62. The van der Waals surface area contributed by atoms with Crippen LogP contribution in [-0.2, 0) is 4.89 Å². The maximum absolute atomic E-state index is 8.81. The predicted octanol–water partition coefficient (Wildman–Crippen LogP) is 2.92. The highest BCUT2D eigenvalue weighted by atomic mass is 17.1. The molecule has 0 fully saturated rings. The van der Waals surface area contributed by atoms with Crippen molar-refractivity contribution in [2.24, 2.45) is 0 Å². The standard InChI is InChI=1S/C10H16O2/c1-8(2)10(12-11)6-4-9(3)5-7-10/h4,11H,1,5-7H2,2-3H3. The van der Waals surface area contributed by atoms with E-state index in [2.05, 4.69) is 24.5 Å². The van der Waals surface area contributed by atoms with Gasteiger partial charge in [0.25, 0.3) is 0 Å². The fourth-order valence-corrected chi connectivity index (χ4v) is 1.49. The van der Waals surface area contributed by atoms with Crippen LogP contribution in [0.25, 0.3) is 0 Å². The van der Waals surface area contributed by atoms with Gasteiger partial charge in [0.2, 0.25) is 0 Å². The summed E-state index contributed by atoms with van der Waals surface area (Å²) in [7, 11) is 0. The van der Waals surface area contributed by atoms with E-state index in [0.29, 0.717) is 0 Å². The third-order valence-corrected chi connectivity index (χ3v) is 2.66. The summed E-state index contributed by atoms with van der Waals surface area (Å²) in [5.41, 5.74) is 1.75. The van der Waals surface area contributed by atoms with E-state index in [1.54, 1.807) is 0 Å². The maximum atomic E-state index is 8.81. The largest absolute Gasteiger partial charge is 0.251 e. The molecule has 2 heteroatoms. The summed E-state index contributed by atoms with van der Waals surface area (Å²) < 4.78 is 0. The Hall–Kier alpha value is -0.600. The van der Waals surface area contributed by atoms with Crippen molar-refractivity contribution in [3.63, 3.8) is 0 Å². The molecule has 0 amide bonds. The van der Waals surface area contributed by atoms with Crippen molar-refractivity contribution in [2.45, 2.75) is 38.7 Å². The van der Waals surface area contributed by atoms with Gasteiger partial charge in [-0.3, -0.25) is 5.26 Å². The molecule has 1 rings (SSSR count). The van der Waals surface area contributed by atoms with Crippen LogP contribution in [-0.4, -0.2) is 10.9 Å².